The Morgan fingerprint density at radius 1 is 1.26 bits per heavy atom. The van der Waals surface area contributed by atoms with Gasteiger partial charge in [0.2, 0.25) is 5.91 Å². The molecule has 2 aromatic heterocycles. The normalized spacial score (nSPS) is 16.5. The van der Waals surface area contributed by atoms with Crippen LogP contribution in [0.2, 0.25) is 0 Å². The number of aliphatic hydroxyl groups is 1. The Balaban J connectivity index is 1.72. The molecule has 0 radical (unpaired) electrons. The van der Waals surface area contributed by atoms with E-state index < -0.39 is 6.61 Å². The van der Waals surface area contributed by atoms with Crippen LogP contribution in [0.1, 0.15) is 55.2 Å². The summed E-state index contributed by atoms with van der Waals surface area (Å²) >= 11 is 1.36. The molecule has 10 heteroatoms. The van der Waals surface area contributed by atoms with Gasteiger partial charge in [0, 0.05) is 41.7 Å². The first-order valence-corrected chi connectivity index (χ1v) is 12.2. The van der Waals surface area contributed by atoms with Crippen LogP contribution in [-0.2, 0) is 4.79 Å². The van der Waals surface area contributed by atoms with Crippen molar-refractivity contribution in [3.05, 3.63) is 46.9 Å². The lowest BCUT2D eigenvalue weighted by Crippen LogP contribution is -2.34. The molecule has 3 aromatic rings. The number of halogens is 1. The van der Waals surface area contributed by atoms with Gasteiger partial charge in [-0.2, -0.15) is 5.10 Å². The molecule has 1 aliphatic rings. The number of nitrogens with zero attached hydrogens (tertiary/aromatic N) is 3. The summed E-state index contributed by atoms with van der Waals surface area (Å²) < 4.78 is 13.6. The van der Waals surface area contributed by atoms with E-state index in [4.69, 9.17) is 0 Å². The quantitative estimate of drug-likeness (QED) is 0.494. The minimum Gasteiger partial charge on any atom is -0.387 e. The van der Waals surface area contributed by atoms with Crippen molar-refractivity contribution in [2.75, 3.05) is 19.7 Å². The number of aliphatic hydroxyl groups excluding tert-OH is 1. The van der Waals surface area contributed by atoms with Crippen molar-refractivity contribution in [3.8, 4) is 21.8 Å². The van der Waals surface area contributed by atoms with Crippen LogP contribution in [0.5, 0.6) is 0 Å². The molecule has 180 valence electrons. The molecule has 0 spiro atoms. The second kappa shape index (κ2) is 10.4. The van der Waals surface area contributed by atoms with E-state index in [9.17, 15) is 19.1 Å². The monoisotopic (exact) mass is 485 g/mol. The van der Waals surface area contributed by atoms with Crippen LogP contribution in [0.25, 0.3) is 21.8 Å². The summed E-state index contributed by atoms with van der Waals surface area (Å²) in [6.07, 6.45) is 2.33. The number of carbonyl (C=O) groups is 2. The Morgan fingerprint density at radius 2 is 2.03 bits per heavy atom. The van der Waals surface area contributed by atoms with Gasteiger partial charge in [0.15, 0.2) is 0 Å². The molecule has 1 atom stereocenters. The molecular weight excluding hydrogens is 457 g/mol. The number of thiazole rings is 1. The molecule has 1 aromatic carbocycles. The molecule has 0 aliphatic carbocycles. The number of aromatic amines is 1. The van der Waals surface area contributed by atoms with Gasteiger partial charge in [0.05, 0.1) is 5.56 Å². The smallest absolute Gasteiger partial charge is 0.270 e. The second-order valence-electron chi connectivity index (χ2n) is 8.70. The highest BCUT2D eigenvalue weighted by Crippen LogP contribution is 2.41. The standard InChI is InChI=1S/C24H28FN5O3S/c1-14(2)26-23(33)18-13-34-24(27-18)20-21(15-4-3-10-30(11-9-15)19(32)12-31)28-29-22(20)16-5-7-17(25)8-6-16/h5-8,13-15,31H,3-4,9-12H2,1-2H3,(H,26,33)(H,28,29). The minimum atomic E-state index is -0.491. The summed E-state index contributed by atoms with van der Waals surface area (Å²) in [5.41, 5.74) is 3.42. The molecule has 3 N–H and O–H groups in total. The topological polar surface area (TPSA) is 111 Å². The molecule has 8 nitrogen and oxygen atoms in total. The molecule has 1 aliphatic heterocycles. The first-order valence-electron chi connectivity index (χ1n) is 11.4. The lowest BCUT2D eigenvalue weighted by atomic mass is 9.92. The molecule has 1 unspecified atom stereocenters. The van der Waals surface area contributed by atoms with E-state index in [2.05, 4.69) is 20.5 Å². The van der Waals surface area contributed by atoms with Gasteiger partial charge < -0.3 is 15.3 Å². The van der Waals surface area contributed by atoms with E-state index in [0.29, 0.717) is 35.9 Å². The van der Waals surface area contributed by atoms with Crippen LogP contribution in [0, 0.1) is 5.82 Å². The second-order valence-corrected chi connectivity index (χ2v) is 9.56. The van der Waals surface area contributed by atoms with Crippen LogP contribution in [0.15, 0.2) is 29.6 Å². The van der Waals surface area contributed by atoms with Gasteiger partial charge in [-0.05, 0) is 57.4 Å². The van der Waals surface area contributed by atoms with Crippen molar-refractivity contribution in [3.63, 3.8) is 0 Å². The SMILES string of the molecule is CC(C)NC(=O)c1csc(-c2c(-c3ccc(F)cc3)n[nH]c2C2CCCN(C(=O)CO)CC2)n1. The summed E-state index contributed by atoms with van der Waals surface area (Å²) in [6.45, 7) is 4.43. The number of amides is 2. The lowest BCUT2D eigenvalue weighted by molar-refractivity contribution is -0.134. The third-order valence-electron chi connectivity index (χ3n) is 5.91. The summed E-state index contributed by atoms with van der Waals surface area (Å²) in [5.74, 6) is -0.748. The van der Waals surface area contributed by atoms with Crippen molar-refractivity contribution < 1.29 is 19.1 Å². The van der Waals surface area contributed by atoms with E-state index in [1.165, 1.54) is 23.5 Å². The van der Waals surface area contributed by atoms with E-state index >= 15 is 0 Å². The van der Waals surface area contributed by atoms with Gasteiger partial charge in [0.1, 0.15) is 28.8 Å². The number of nitrogens with one attached hydrogen (secondary N) is 2. The molecule has 3 heterocycles. The molecule has 34 heavy (non-hydrogen) atoms. The lowest BCUT2D eigenvalue weighted by Gasteiger charge is -2.19. The third-order valence-corrected chi connectivity index (χ3v) is 6.77. The number of hydrogen-bond donors (Lipinski definition) is 3. The fraction of sp³-hybridized carbons (Fsp3) is 0.417. The number of carbonyl (C=O) groups excluding carboxylic acids is 2. The zero-order valence-corrected chi connectivity index (χ0v) is 20.0. The Morgan fingerprint density at radius 3 is 2.74 bits per heavy atom. The van der Waals surface area contributed by atoms with E-state index in [1.54, 1.807) is 22.4 Å². The summed E-state index contributed by atoms with van der Waals surface area (Å²) in [4.78, 5) is 30.8. The molecule has 2 amide bonds. The van der Waals surface area contributed by atoms with Gasteiger partial charge in [-0.15, -0.1) is 11.3 Å². The van der Waals surface area contributed by atoms with Gasteiger partial charge in [-0.1, -0.05) is 0 Å². The number of aromatic nitrogens is 3. The number of hydrogen-bond acceptors (Lipinski definition) is 6. The largest absolute Gasteiger partial charge is 0.387 e. The predicted octanol–water partition coefficient (Wildman–Crippen LogP) is 3.57. The maximum absolute atomic E-state index is 13.6. The van der Waals surface area contributed by atoms with Gasteiger partial charge in [-0.3, -0.25) is 14.7 Å². The van der Waals surface area contributed by atoms with E-state index in [1.807, 2.05) is 13.8 Å². The molecule has 1 saturated heterocycles. The maximum Gasteiger partial charge on any atom is 0.270 e. The molecule has 4 rings (SSSR count). The maximum atomic E-state index is 13.6. The van der Waals surface area contributed by atoms with E-state index in [0.717, 1.165) is 29.7 Å². The highest BCUT2D eigenvalue weighted by molar-refractivity contribution is 7.13. The predicted molar refractivity (Wildman–Crippen MR) is 128 cm³/mol. The Kier molecular flexibility index (Phi) is 7.38. The fourth-order valence-electron chi connectivity index (χ4n) is 4.25. The molecule has 1 fully saturated rings. The Bertz CT molecular complexity index is 1160. The van der Waals surface area contributed by atoms with Crippen molar-refractivity contribution in [1.29, 1.82) is 0 Å². The van der Waals surface area contributed by atoms with E-state index in [-0.39, 0.29) is 29.6 Å². The zero-order chi connectivity index (χ0) is 24.2. The molecular formula is C24H28FN5O3S. The minimum absolute atomic E-state index is 0.00696. The number of rotatable bonds is 6. The van der Waals surface area contributed by atoms with Gasteiger partial charge >= 0.3 is 0 Å². The summed E-state index contributed by atoms with van der Waals surface area (Å²) in [5, 5.41) is 22.2. The first kappa shape index (κ1) is 24.0. The summed E-state index contributed by atoms with van der Waals surface area (Å²) in [6, 6.07) is 6.12. The van der Waals surface area contributed by atoms with Crippen molar-refractivity contribution >= 4 is 23.2 Å². The van der Waals surface area contributed by atoms with Gasteiger partial charge in [0.25, 0.3) is 5.91 Å². The first-order chi connectivity index (χ1) is 16.4. The zero-order valence-electron chi connectivity index (χ0n) is 19.2. The van der Waals surface area contributed by atoms with Gasteiger partial charge in [-0.25, -0.2) is 9.37 Å². The highest BCUT2D eigenvalue weighted by Gasteiger charge is 2.28. The van der Waals surface area contributed by atoms with Crippen LogP contribution >= 0.6 is 11.3 Å². The number of H-pyrrole nitrogens is 1. The molecule has 0 saturated carbocycles. The Labute approximate surface area is 201 Å². The van der Waals surface area contributed by atoms with Crippen molar-refractivity contribution in [1.82, 2.24) is 25.4 Å². The van der Waals surface area contributed by atoms with Crippen molar-refractivity contribution in [2.45, 2.75) is 45.1 Å². The average molecular weight is 486 g/mol. The third kappa shape index (κ3) is 5.18. The molecule has 0 bridgehead atoms. The number of likely N-dealkylation sites (tertiary alicyclic amines) is 1. The fourth-order valence-corrected chi connectivity index (χ4v) is 5.11. The van der Waals surface area contributed by atoms with Crippen LogP contribution < -0.4 is 5.32 Å². The highest BCUT2D eigenvalue weighted by atomic mass is 32.1. The van der Waals surface area contributed by atoms with Crippen LogP contribution in [-0.4, -0.2) is 62.7 Å². The Hall–Kier alpha value is -3.11. The number of benzene rings is 1. The average Bonchev–Trinajstić information content (AvgIpc) is 3.40. The van der Waals surface area contributed by atoms with Crippen LogP contribution in [0.3, 0.4) is 0 Å². The van der Waals surface area contributed by atoms with Crippen molar-refractivity contribution in [2.24, 2.45) is 0 Å². The summed E-state index contributed by atoms with van der Waals surface area (Å²) in [7, 11) is 0. The van der Waals surface area contributed by atoms with Crippen LogP contribution in [0.4, 0.5) is 4.39 Å².